The van der Waals surface area contributed by atoms with Gasteiger partial charge in [0.15, 0.2) is 0 Å². The minimum atomic E-state index is -2.92. The van der Waals surface area contributed by atoms with E-state index in [4.69, 9.17) is 17.3 Å². The van der Waals surface area contributed by atoms with E-state index in [0.29, 0.717) is 26.9 Å². The van der Waals surface area contributed by atoms with Crippen LogP contribution in [0.2, 0.25) is 5.02 Å². The van der Waals surface area contributed by atoms with E-state index in [-0.39, 0.29) is 5.75 Å². The molecule has 2 nitrogen and oxygen atoms in total. The van der Waals surface area contributed by atoms with E-state index < -0.39 is 12.4 Å². The Hall–Kier alpha value is -1.53. The van der Waals surface area contributed by atoms with Crippen molar-refractivity contribution in [2.45, 2.75) is 17.3 Å². The number of alkyl halides is 2. The number of nitrogens with two attached hydrogens (primary N) is 1. The Morgan fingerprint density at radius 1 is 1.19 bits per heavy atom. The average Bonchev–Trinajstić information content (AvgIpc) is 2.37. The van der Waals surface area contributed by atoms with Crippen LogP contribution in [0.4, 0.5) is 18.9 Å². The minimum absolute atomic E-state index is 0.0475. The first-order valence-electron chi connectivity index (χ1n) is 5.86. The van der Waals surface area contributed by atoms with Crippen molar-refractivity contribution in [1.29, 1.82) is 0 Å². The van der Waals surface area contributed by atoms with Gasteiger partial charge in [-0.25, -0.2) is 4.39 Å². The molecule has 0 aliphatic heterocycles. The molecule has 2 aromatic carbocycles. The van der Waals surface area contributed by atoms with E-state index >= 15 is 0 Å². The van der Waals surface area contributed by atoms with Crippen LogP contribution in [-0.2, 0) is 5.75 Å². The van der Waals surface area contributed by atoms with E-state index in [1.165, 1.54) is 42.1 Å². The first-order chi connectivity index (χ1) is 9.94. The molecule has 2 aromatic rings. The van der Waals surface area contributed by atoms with Gasteiger partial charge in [-0.2, -0.15) is 8.78 Å². The molecule has 0 fully saturated rings. The lowest BCUT2D eigenvalue weighted by Gasteiger charge is -2.11. The highest BCUT2D eigenvalue weighted by molar-refractivity contribution is 7.98. The summed E-state index contributed by atoms with van der Waals surface area (Å²) in [6.45, 7) is -2.92. The number of anilines is 1. The summed E-state index contributed by atoms with van der Waals surface area (Å²) in [4.78, 5) is 0.593. The maximum Gasteiger partial charge on any atom is 0.387 e. The summed E-state index contributed by atoms with van der Waals surface area (Å²) in [5, 5.41) is 0.408. The predicted octanol–water partition coefficient (Wildman–Crippen LogP) is 4.96. The molecule has 0 unspecified atom stereocenters. The van der Waals surface area contributed by atoms with E-state index in [0.717, 1.165) is 0 Å². The quantitative estimate of drug-likeness (QED) is 0.620. The molecule has 21 heavy (non-hydrogen) atoms. The van der Waals surface area contributed by atoms with Gasteiger partial charge >= 0.3 is 6.61 Å². The first kappa shape index (κ1) is 15.9. The number of hydrogen-bond donors (Lipinski definition) is 1. The lowest BCUT2D eigenvalue weighted by molar-refractivity contribution is -0.0503. The Morgan fingerprint density at radius 3 is 2.62 bits per heavy atom. The lowest BCUT2D eigenvalue weighted by atomic mass is 10.2. The molecule has 0 aromatic heterocycles. The molecule has 0 aliphatic rings. The number of halogens is 4. The molecular formula is C14H11ClF3NOS. The second kappa shape index (κ2) is 6.95. The Kier molecular flexibility index (Phi) is 5.25. The van der Waals surface area contributed by atoms with E-state index in [9.17, 15) is 13.2 Å². The largest absolute Gasteiger partial charge is 0.435 e. The highest BCUT2D eigenvalue weighted by Gasteiger charge is 2.11. The Bertz CT molecular complexity index is 619. The van der Waals surface area contributed by atoms with E-state index in [1.807, 2.05) is 0 Å². The van der Waals surface area contributed by atoms with E-state index in [1.54, 1.807) is 6.07 Å². The van der Waals surface area contributed by atoms with Crippen molar-refractivity contribution in [3.63, 3.8) is 0 Å². The van der Waals surface area contributed by atoms with Crippen LogP contribution in [0.25, 0.3) is 0 Å². The van der Waals surface area contributed by atoms with Crippen molar-refractivity contribution >= 4 is 29.1 Å². The topological polar surface area (TPSA) is 35.2 Å². The Morgan fingerprint density at radius 2 is 1.95 bits per heavy atom. The fraction of sp³-hybridized carbons (Fsp3) is 0.143. The third kappa shape index (κ3) is 4.75. The molecule has 0 atom stereocenters. The third-order valence-electron chi connectivity index (χ3n) is 2.53. The summed E-state index contributed by atoms with van der Waals surface area (Å²) in [7, 11) is 0. The number of nitrogen functional groups attached to an aromatic ring is 1. The molecule has 0 bridgehead atoms. The highest BCUT2D eigenvalue weighted by atomic mass is 35.5. The first-order valence-corrected chi connectivity index (χ1v) is 7.22. The molecule has 7 heteroatoms. The Balaban J connectivity index is 2.16. The van der Waals surface area contributed by atoms with Gasteiger partial charge in [-0.15, -0.1) is 11.8 Å². The third-order valence-corrected chi connectivity index (χ3v) is 3.79. The summed E-state index contributed by atoms with van der Waals surface area (Å²) >= 11 is 7.10. The number of thioether (sulfide) groups is 1. The molecule has 0 amide bonds. The van der Waals surface area contributed by atoms with Crippen LogP contribution in [0.5, 0.6) is 5.75 Å². The number of hydrogen-bond acceptors (Lipinski definition) is 3. The molecule has 0 radical (unpaired) electrons. The summed E-state index contributed by atoms with van der Waals surface area (Å²) < 4.78 is 42.3. The van der Waals surface area contributed by atoms with Gasteiger partial charge in [-0.05, 0) is 36.4 Å². The minimum Gasteiger partial charge on any atom is -0.435 e. The number of benzene rings is 2. The molecule has 2 rings (SSSR count). The van der Waals surface area contributed by atoms with Crippen molar-refractivity contribution in [3.05, 3.63) is 52.8 Å². The fourth-order valence-corrected chi connectivity index (χ4v) is 2.86. The number of ether oxygens (including phenoxy) is 1. The van der Waals surface area contributed by atoms with Gasteiger partial charge in [-0.3, -0.25) is 0 Å². The summed E-state index contributed by atoms with van der Waals surface area (Å²) in [6.07, 6.45) is 0. The second-order valence-corrected chi connectivity index (χ2v) is 5.62. The maximum absolute atomic E-state index is 13.2. The predicted molar refractivity (Wildman–Crippen MR) is 78.5 cm³/mol. The normalized spacial score (nSPS) is 10.9. The molecule has 112 valence electrons. The van der Waals surface area contributed by atoms with Gasteiger partial charge in [0.2, 0.25) is 0 Å². The van der Waals surface area contributed by atoms with Gasteiger partial charge in [0.1, 0.15) is 11.6 Å². The zero-order chi connectivity index (χ0) is 15.4. The van der Waals surface area contributed by atoms with Crippen molar-refractivity contribution in [2.75, 3.05) is 5.73 Å². The monoisotopic (exact) mass is 333 g/mol. The van der Waals surface area contributed by atoms with E-state index in [2.05, 4.69) is 4.74 Å². The molecule has 0 saturated heterocycles. The fourth-order valence-electron chi connectivity index (χ4n) is 1.70. The lowest BCUT2D eigenvalue weighted by Crippen LogP contribution is -2.04. The summed E-state index contributed by atoms with van der Waals surface area (Å²) in [5.41, 5.74) is 6.34. The van der Waals surface area contributed by atoms with Crippen LogP contribution in [-0.4, -0.2) is 6.61 Å². The van der Waals surface area contributed by atoms with Crippen LogP contribution in [0.3, 0.4) is 0 Å². The van der Waals surface area contributed by atoms with Gasteiger partial charge in [0.05, 0.1) is 0 Å². The second-order valence-electron chi connectivity index (χ2n) is 4.14. The van der Waals surface area contributed by atoms with Crippen LogP contribution >= 0.6 is 23.4 Å². The molecular weight excluding hydrogens is 323 g/mol. The molecule has 2 N–H and O–H groups in total. The highest BCUT2D eigenvalue weighted by Crippen LogP contribution is 2.32. The Labute approximate surface area is 129 Å². The SMILES string of the molecule is Nc1cc(F)cc(SCc2cc(Cl)ccc2OC(F)F)c1. The molecule has 0 saturated carbocycles. The van der Waals surface area contributed by atoms with Crippen LogP contribution in [0.15, 0.2) is 41.3 Å². The van der Waals surface area contributed by atoms with Gasteiger partial charge in [0, 0.05) is 26.9 Å². The van der Waals surface area contributed by atoms with Crippen molar-refractivity contribution < 1.29 is 17.9 Å². The van der Waals surface area contributed by atoms with Gasteiger partial charge in [0.25, 0.3) is 0 Å². The molecule has 0 spiro atoms. The zero-order valence-corrected chi connectivity index (χ0v) is 12.2. The van der Waals surface area contributed by atoms with Gasteiger partial charge in [-0.1, -0.05) is 11.6 Å². The summed E-state index contributed by atoms with van der Waals surface area (Å²) in [5.74, 6) is -0.107. The zero-order valence-electron chi connectivity index (χ0n) is 10.7. The maximum atomic E-state index is 13.2. The number of rotatable bonds is 5. The summed E-state index contributed by atoms with van der Waals surface area (Å²) in [6, 6.07) is 8.51. The van der Waals surface area contributed by atoms with Crippen LogP contribution < -0.4 is 10.5 Å². The van der Waals surface area contributed by atoms with Crippen LogP contribution in [0.1, 0.15) is 5.56 Å². The smallest absolute Gasteiger partial charge is 0.387 e. The van der Waals surface area contributed by atoms with Gasteiger partial charge < -0.3 is 10.5 Å². The average molecular weight is 334 g/mol. The molecule has 0 aliphatic carbocycles. The van der Waals surface area contributed by atoms with Crippen molar-refractivity contribution in [3.8, 4) is 5.75 Å². The van der Waals surface area contributed by atoms with Crippen molar-refractivity contribution in [2.24, 2.45) is 0 Å². The van der Waals surface area contributed by atoms with Crippen LogP contribution in [0, 0.1) is 5.82 Å². The molecule has 0 heterocycles. The standard InChI is InChI=1S/C14H11ClF3NOS/c15-9-1-2-13(20-14(17)18)8(3-9)7-21-12-5-10(16)4-11(19)6-12/h1-6,14H,7,19H2. The van der Waals surface area contributed by atoms with Crippen molar-refractivity contribution in [1.82, 2.24) is 0 Å².